The predicted octanol–water partition coefficient (Wildman–Crippen LogP) is 3.20. The average molecular weight is 462 g/mol. The van der Waals surface area contributed by atoms with E-state index in [2.05, 4.69) is 4.99 Å². The molecule has 0 aliphatic carbocycles. The summed E-state index contributed by atoms with van der Waals surface area (Å²) < 4.78 is 21.1. The lowest BCUT2D eigenvalue weighted by Crippen LogP contribution is -2.37. The molecule has 10 nitrogen and oxygen atoms in total. The van der Waals surface area contributed by atoms with Gasteiger partial charge in [0.25, 0.3) is 5.69 Å². The number of carbonyl (C=O) groups is 2. The fourth-order valence-electron chi connectivity index (χ4n) is 3.71. The lowest BCUT2D eigenvalue weighted by molar-refractivity contribution is -0.385. The topological polar surface area (TPSA) is 127 Å². The van der Waals surface area contributed by atoms with Crippen molar-refractivity contribution in [2.75, 3.05) is 39.6 Å². The van der Waals surface area contributed by atoms with E-state index >= 15 is 0 Å². The van der Waals surface area contributed by atoms with Crippen LogP contribution in [0.15, 0.2) is 40.5 Å². The number of carbonyl (C=O) groups excluding carboxylic acids is 2. The van der Waals surface area contributed by atoms with Gasteiger partial charge in [-0.1, -0.05) is 18.2 Å². The second-order valence-corrected chi connectivity index (χ2v) is 7.22. The molecular formula is C23H30N2O8. The van der Waals surface area contributed by atoms with Crippen LogP contribution in [0.4, 0.5) is 5.69 Å². The molecule has 0 N–H and O–H groups in total. The van der Waals surface area contributed by atoms with E-state index in [4.69, 9.17) is 18.9 Å². The number of nitro benzene ring substituents is 1. The number of nitrogens with zero attached hydrogens (tertiary/aromatic N) is 2. The minimum Gasteiger partial charge on any atom is -0.463 e. The number of nitro groups is 1. The minimum absolute atomic E-state index is 0.000771. The lowest BCUT2D eigenvalue weighted by atomic mass is 9.75. The first-order valence-corrected chi connectivity index (χ1v) is 10.8. The Hall–Kier alpha value is -3.11. The zero-order chi connectivity index (χ0) is 24.4. The van der Waals surface area contributed by atoms with Gasteiger partial charge in [0.15, 0.2) is 0 Å². The summed E-state index contributed by atoms with van der Waals surface area (Å²) in [6.45, 7) is 8.25. The molecule has 180 valence electrons. The molecule has 0 radical (unpaired) electrons. The van der Waals surface area contributed by atoms with Crippen molar-refractivity contribution in [2.24, 2.45) is 10.9 Å². The van der Waals surface area contributed by atoms with Crippen molar-refractivity contribution in [3.8, 4) is 0 Å². The Labute approximate surface area is 192 Å². The minimum atomic E-state index is -1.04. The van der Waals surface area contributed by atoms with Crippen LogP contribution in [0.5, 0.6) is 0 Å². The third-order valence-electron chi connectivity index (χ3n) is 5.11. The molecule has 1 aromatic rings. The van der Waals surface area contributed by atoms with Gasteiger partial charge in [0, 0.05) is 42.2 Å². The van der Waals surface area contributed by atoms with Crippen molar-refractivity contribution in [1.82, 2.24) is 0 Å². The smallest absolute Gasteiger partial charge is 0.336 e. The second kappa shape index (κ2) is 12.8. The van der Waals surface area contributed by atoms with E-state index in [1.165, 1.54) is 18.2 Å². The molecule has 0 amide bonds. The SMILES string of the molecule is CCOCCOC(=O)C1=C(C)N=C(C)C(C(=O)OCCOCC)C1c1ccccc1[N+](=O)[O-]. The summed E-state index contributed by atoms with van der Waals surface area (Å²) in [5, 5.41) is 11.8. The first-order valence-electron chi connectivity index (χ1n) is 10.8. The molecule has 0 aromatic heterocycles. The molecule has 1 aromatic carbocycles. The van der Waals surface area contributed by atoms with Crippen molar-refractivity contribution in [1.29, 1.82) is 0 Å². The summed E-state index contributed by atoms with van der Waals surface area (Å²) in [5.74, 6) is -3.39. The Bertz CT molecular complexity index is 925. The van der Waals surface area contributed by atoms with E-state index in [1.54, 1.807) is 19.9 Å². The highest BCUT2D eigenvalue weighted by atomic mass is 16.6. The van der Waals surface area contributed by atoms with Gasteiger partial charge in [0.1, 0.15) is 19.1 Å². The molecule has 2 unspecified atom stereocenters. The van der Waals surface area contributed by atoms with Crippen LogP contribution < -0.4 is 0 Å². The van der Waals surface area contributed by atoms with Crippen LogP contribution in [0, 0.1) is 16.0 Å². The maximum absolute atomic E-state index is 13.1. The highest BCUT2D eigenvalue weighted by Gasteiger charge is 2.44. The highest BCUT2D eigenvalue weighted by Crippen LogP contribution is 2.43. The molecule has 2 rings (SSSR count). The molecule has 1 aliphatic heterocycles. The molecule has 1 heterocycles. The number of rotatable bonds is 12. The van der Waals surface area contributed by atoms with Crippen molar-refractivity contribution in [3.63, 3.8) is 0 Å². The zero-order valence-corrected chi connectivity index (χ0v) is 19.4. The van der Waals surface area contributed by atoms with E-state index in [-0.39, 0.29) is 43.3 Å². The van der Waals surface area contributed by atoms with Crippen molar-refractivity contribution < 1.29 is 33.5 Å². The Morgan fingerprint density at radius 3 is 2.21 bits per heavy atom. The molecule has 0 saturated carbocycles. The van der Waals surface area contributed by atoms with E-state index in [0.717, 1.165) is 0 Å². The van der Waals surface area contributed by atoms with Gasteiger partial charge in [-0.25, -0.2) is 4.79 Å². The number of allylic oxidation sites excluding steroid dienone is 1. The first-order chi connectivity index (χ1) is 15.8. The van der Waals surface area contributed by atoms with Crippen LogP contribution in [0.25, 0.3) is 0 Å². The number of para-hydroxylation sites is 1. The molecule has 33 heavy (non-hydrogen) atoms. The van der Waals surface area contributed by atoms with Crippen LogP contribution in [0.1, 0.15) is 39.2 Å². The lowest BCUT2D eigenvalue weighted by Gasteiger charge is -2.31. The standard InChI is InChI=1S/C23H30N2O8/c1-5-30-11-13-32-22(26)19-15(3)24-16(4)20(23(27)33-14-12-31-6-2)21(19)17-9-7-8-10-18(17)25(28)29/h7-10,19,21H,5-6,11-14H2,1-4H3. The first kappa shape index (κ1) is 26.1. The number of hydrogen-bond acceptors (Lipinski definition) is 9. The number of hydrogen-bond donors (Lipinski definition) is 0. The summed E-state index contributed by atoms with van der Waals surface area (Å²) >= 11 is 0. The molecule has 0 bridgehead atoms. The number of ether oxygens (including phenoxy) is 4. The van der Waals surface area contributed by atoms with Crippen molar-refractivity contribution in [2.45, 2.75) is 33.6 Å². The maximum Gasteiger partial charge on any atom is 0.336 e. The number of aliphatic imine (C=N–C) groups is 1. The van der Waals surface area contributed by atoms with Gasteiger partial charge in [-0.2, -0.15) is 0 Å². The zero-order valence-electron chi connectivity index (χ0n) is 19.4. The fraction of sp³-hybridized carbons (Fsp3) is 0.522. The Balaban J connectivity index is 2.49. The van der Waals surface area contributed by atoms with Gasteiger partial charge in [-0.3, -0.25) is 19.9 Å². The number of benzene rings is 1. The van der Waals surface area contributed by atoms with Crippen molar-refractivity contribution in [3.05, 3.63) is 51.2 Å². The highest BCUT2D eigenvalue weighted by molar-refractivity contribution is 6.07. The van der Waals surface area contributed by atoms with E-state index < -0.39 is 28.7 Å². The molecule has 1 aliphatic rings. The molecule has 0 fully saturated rings. The molecule has 2 atom stereocenters. The summed E-state index contributed by atoms with van der Waals surface area (Å²) in [6, 6.07) is 6.01. The summed E-state index contributed by atoms with van der Waals surface area (Å²) in [4.78, 5) is 41.8. The van der Waals surface area contributed by atoms with Gasteiger partial charge in [-0.05, 0) is 27.7 Å². The van der Waals surface area contributed by atoms with Crippen LogP contribution in [0.2, 0.25) is 0 Å². The quantitative estimate of drug-likeness (QED) is 0.201. The van der Waals surface area contributed by atoms with Crippen LogP contribution in [0.3, 0.4) is 0 Å². The maximum atomic E-state index is 13.1. The molecule has 0 saturated heterocycles. The van der Waals surface area contributed by atoms with Gasteiger partial charge in [0.05, 0.1) is 23.7 Å². The van der Waals surface area contributed by atoms with Gasteiger partial charge in [-0.15, -0.1) is 0 Å². The Morgan fingerprint density at radius 2 is 1.61 bits per heavy atom. The van der Waals surface area contributed by atoms with Gasteiger partial charge in [0.2, 0.25) is 0 Å². The van der Waals surface area contributed by atoms with Crippen LogP contribution in [-0.4, -0.2) is 62.2 Å². The van der Waals surface area contributed by atoms with E-state index in [9.17, 15) is 19.7 Å². The van der Waals surface area contributed by atoms with Gasteiger partial charge < -0.3 is 18.9 Å². The average Bonchev–Trinajstić information content (AvgIpc) is 2.78. The van der Waals surface area contributed by atoms with E-state index in [0.29, 0.717) is 24.6 Å². The van der Waals surface area contributed by atoms with Gasteiger partial charge >= 0.3 is 11.9 Å². The van der Waals surface area contributed by atoms with Crippen LogP contribution in [-0.2, 0) is 28.5 Å². The predicted molar refractivity (Wildman–Crippen MR) is 120 cm³/mol. The monoisotopic (exact) mass is 462 g/mol. The normalized spacial score (nSPS) is 18.0. The third-order valence-corrected chi connectivity index (χ3v) is 5.11. The molecular weight excluding hydrogens is 432 g/mol. The summed E-state index contributed by atoms with van der Waals surface area (Å²) in [7, 11) is 0. The number of esters is 2. The Morgan fingerprint density at radius 1 is 1.00 bits per heavy atom. The van der Waals surface area contributed by atoms with Crippen LogP contribution >= 0.6 is 0 Å². The summed E-state index contributed by atoms with van der Waals surface area (Å²) in [5.41, 5.74) is 0.799. The summed E-state index contributed by atoms with van der Waals surface area (Å²) in [6.07, 6.45) is 0. The molecule has 10 heteroatoms. The fourth-order valence-corrected chi connectivity index (χ4v) is 3.71. The van der Waals surface area contributed by atoms with Crippen molar-refractivity contribution >= 4 is 23.3 Å². The van der Waals surface area contributed by atoms with E-state index in [1.807, 2.05) is 13.8 Å². The largest absolute Gasteiger partial charge is 0.463 e. The molecule has 0 spiro atoms. The Kier molecular flexibility index (Phi) is 10.1. The third kappa shape index (κ3) is 6.69. The second-order valence-electron chi connectivity index (χ2n) is 7.22.